The van der Waals surface area contributed by atoms with E-state index in [9.17, 15) is 9.90 Å². The summed E-state index contributed by atoms with van der Waals surface area (Å²) in [6.45, 7) is 5.32. The predicted octanol–water partition coefficient (Wildman–Crippen LogP) is 0.427. The van der Waals surface area contributed by atoms with Gasteiger partial charge in [0.1, 0.15) is 6.10 Å². The van der Waals surface area contributed by atoms with Crippen LogP contribution in [0.3, 0.4) is 0 Å². The molecule has 0 saturated carbocycles. The molecule has 1 saturated heterocycles. The van der Waals surface area contributed by atoms with Crippen molar-refractivity contribution >= 4 is 5.91 Å². The lowest BCUT2D eigenvalue weighted by atomic mass is 10.1. The Hall–Kier alpha value is -1.43. The summed E-state index contributed by atoms with van der Waals surface area (Å²) in [5.74, 6) is -0.139. The van der Waals surface area contributed by atoms with Gasteiger partial charge in [0.2, 0.25) is 0 Å². The highest BCUT2D eigenvalue weighted by atomic mass is 16.5. The molecular weight excluding hydrogens is 268 g/mol. The number of morpholine rings is 1. The van der Waals surface area contributed by atoms with Gasteiger partial charge in [-0.2, -0.15) is 0 Å². The number of likely N-dealkylation sites (N-methyl/N-ethyl adjacent to an activating group) is 1. The second-order valence-electron chi connectivity index (χ2n) is 5.34. The van der Waals surface area contributed by atoms with Crippen LogP contribution >= 0.6 is 0 Å². The average molecular weight is 292 g/mol. The number of nitrogens with zero attached hydrogens (tertiary/aromatic N) is 1. The molecule has 2 atom stereocenters. The second-order valence-corrected chi connectivity index (χ2v) is 5.34. The van der Waals surface area contributed by atoms with Gasteiger partial charge in [-0.3, -0.25) is 9.69 Å². The summed E-state index contributed by atoms with van der Waals surface area (Å²) >= 11 is 0. The fourth-order valence-electron chi connectivity index (χ4n) is 2.44. The minimum absolute atomic E-state index is 0.139. The smallest absolute Gasteiger partial charge is 0.250 e. The lowest BCUT2D eigenvalue weighted by Gasteiger charge is -2.31. The zero-order chi connectivity index (χ0) is 15.1. The van der Waals surface area contributed by atoms with Gasteiger partial charge in [-0.1, -0.05) is 37.3 Å². The van der Waals surface area contributed by atoms with Crippen molar-refractivity contribution in [1.82, 2.24) is 10.2 Å². The molecule has 1 aliphatic rings. The Balaban J connectivity index is 1.73. The predicted molar refractivity (Wildman–Crippen MR) is 81.0 cm³/mol. The number of ether oxygens (including phenoxy) is 1. The third kappa shape index (κ3) is 5.12. The van der Waals surface area contributed by atoms with Crippen molar-refractivity contribution < 1.29 is 14.6 Å². The lowest BCUT2D eigenvalue weighted by molar-refractivity contribution is -0.138. The van der Waals surface area contributed by atoms with Crippen molar-refractivity contribution in [2.24, 2.45) is 0 Å². The average Bonchev–Trinajstić information content (AvgIpc) is 2.53. The molecule has 0 radical (unpaired) electrons. The molecule has 1 amide bonds. The molecule has 0 aromatic heterocycles. The first kappa shape index (κ1) is 15.9. The Bertz CT molecular complexity index is 438. The Labute approximate surface area is 125 Å². The van der Waals surface area contributed by atoms with Crippen LogP contribution in [0, 0.1) is 0 Å². The van der Waals surface area contributed by atoms with E-state index in [1.807, 2.05) is 30.3 Å². The van der Waals surface area contributed by atoms with Crippen molar-refractivity contribution in [3.05, 3.63) is 35.9 Å². The molecule has 0 aliphatic carbocycles. The summed E-state index contributed by atoms with van der Waals surface area (Å²) in [6, 6.07) is 9.76. The minimum Gasteiger partial charge on any atom is -0.391 e. The van der Waals surface area contributed by atoms with E-state index < -0.39 is 12.2 Å². The fraction of sp³-hybridized carbons (Fsp3) is 0.562. The highest BCUT2D eigenvalue weighted by Crippen LogP contribution is 2.06. The van der Waals surface area contributed by atoms with Crippen molar-refractivity contribution in [2.45, 2.75) is 25.6 Å². The molecule has 0 bridgehead atoms. The van der Waals surface area contributed by atoms with E-state index in [0.717, 1.165) is 18.7 Å². The monoisotopic (exact) mass is 292 g/mol. The molecule has 21 heavy (non-hydrogen) atoms. The van der Waals surface area contributed by atoms with Crippen molar-refractivity contribution in [3.8, 4) is 0 Å². The number of amides is 1. The van der Waals surface area contributed by atoms with Crippen LogP contribution in [-0.4, -0.2) is 60.9 Å². The summed E-state index contributed by atoms with van der Waals surface area (Å²) in [5.41, 5.74) is 1.06. The SMILES string of the molecule is CCN1CCO[C@H](C(=O)NC[C@H](O)Cc2ccccc2)C1. The van der Waals surface area contributed by atoms with Crippen LogP contribution in [0.25, 0.3) is 0 Å². The summed E-state index contributed by atoms with van der Waals surface area (Å²) in [5, 5.41) is 12.8. The zero-order valence-corrected chi connectivity index (χ0v) is 12.5. The van der Waals surface area contributed by atoms with E-state index in [4.69, 9.17) is 4.74 Å². The third-order valence-electron chi connectivity index (χ3n) is 3.72. The van der Waals surface area contributed by atoms with Gasteiger partial charge in [-0.25, -0.2) is 0 Å². The standard InChI is InChI=1S/C16H24N2O3/c1-2-18-8-9-21-15(12-18)16(20)17-11-14(19)10-13-6-4-3-5-7-13/h3-7,14-15,19H,2,8-12H2,1H3,(H,17,20)/t14-,15+/m1/s1. The van der Waals surface area contributed by atoms with Crippen LogP contribution in [0.2, 0.25) is 0 Å². The van der Waals surface area contributed by atoms with Gasteiger partial charge < -0.3 is 15.2 Å². The quantitative estimate of drug-likeness (QED) is 0.798. The molecule has 2 rings (SSSR count). The molecule has 5 nitrogen and oxygen atoms in total. The summed E-state index contributed by atoms with van der Waals surface area (Å²) in [4.78, 5) is 14.2. The minimum atomic E-state index is -0.581. The summed E-state index contributed by atoms with van der Waals surface area (Å²) in [7, 11) is 0. The molecule has 1 heterocycles. The highest BCUT2D eigenvalue weighted by molar-refractivity contribution is 5.81. The van der Waals surface area contributed by atoms with Gasteiger partial charge in [-0.05, 0) is 12.1 Å². The first-order valence-corrected chi connectivity index (χ1v) is 7.52. The van der Waals surface area contributed by atoms with Gasteiger partial charge in [0.05, 0.1) is 12.7 Å². The number of hydrogen-bond acceptors (Lipinski definition) is 4. The molecule has 1 fully saturated rings. The second kappa shape index (κ2) is 8.12. The fourth-order valence-corrected chi connectivity index (χ4v) is 2.44. The zero-order valence-electron chi connectivity index (χ0n) is 12.5. The van der Waals surface area contributed by atoms with Crippen LogP contribution in [-0.2, 0) is 16.0 Å². The van der Waals surface area contributed by atoms with E-state index in [-0.39, 0.29) is 12.5 Å². The van der Waals surface area contributed by atoms with E-state index in [2.05, 4.69) is 17.1 Å². The van der Waals surface area contributed by atoms with Crippen LogP contribution < -0.4 is 5.32 Å². The number of rotatable bonds is 6. The summed E-state index contributed by atoms with van der Waals surface area (Å²) in [6.07, 6.45) is -0.474. The van der Waals surface area contributed by atoms with Crippen LogP contribution in [0.4, 0.5) is 0 Å². The maximum atomic E-state index is 12.0. The molecule has 1 aromatic carbocycles. The molecule has 2 N–H and O–H groups in total. The molecule has 0 spiro atoms. The van der Waals surface area contributed by atoms with E-state index in [0.29, 0.717) is 19.6 Å². The highest BCUT2D eigenvalue weighted by Gasteiger charge is 2.25. The molecule has 0 unspecified atom stereocenters. The van der Waals surface area contributed by atoms with Crippen molar-refractivity contribution in [3.63, 3.8) is 0 Å². The number of nitrogens with one attached hydrogen (secondary N) is 1. The summed E-state index contributed by atoms with van der Waals surface area (Å²) < 4.78 is 5.49. The number of carbonyl (C=O) groups excluding carboxylic acids is 1. The molecule has 116 valence electrons. The number of benzene rings is 1. The molecule has 5 heteroatoms. The Kier molecular flexibility index (Phi) is 6.17. The first-order valence-electron chi connectivity index (χ1n) is 7.52. The Morgan fingerprint density at radius 3 is 2.95 bits per heavy atom. The molecule has 1 aliphatic heterocycles. The van der Waals surface area contributed by atoms with Gasteiger partial charge in [0.25, 0.3) is 5.91 Å². The maximum Gasteiger partial charge on any atom is 0.250 e. The lowest BCUT2D eigenvalue weighted by Crippen LogP contribution is -2.50. The third-order valence-corrected chi connectivity index (χ3v) is 3.72. The van der Waals surface area contributed by atoms with E-state index >= 15 is 0 Å². The van der Waals surface area contributed by atoms with Gasteiger partial charge in [0.15, 0.2) is 0 Å². The maximum absolute atomic E-state index is 12.0. The van der Waals surface area contributed by atoms with Crippen molar-refractivity contribution in [1.29, 1.82) is 0 Å². The van der Waals surface area contributed by atoms with Crippen LogP contribution in [0.5, 0.6) is 0 Å². The van der Waals surface area contributed by atoms with E-state index in [1.165, 1.54) is 0 Å². The number of carbonyl (C=O) groups is 1. The van der Waals surface area contributed by atoms with Gasteiger partial charge >= 0.3 is 0 Å². The van der Waals surface area contributed by atoms with Gasteiger partial charge in [0, 0.05) is 26.1 Å². The molecule has 1 aromatic rings. The van der Waals surface area contributed by atoms with Crippen LogP contribution in [0.15, 0.2) is 30.3 Å². The Morgan fingerprint density at radius 1 is 1.48 bits per heavy atom. The normalized spacial score (nSPS) is 21.0. The number of hydrogen-bond donors (Lipinski definition) is 2. The Morgan fingerprint density at radius 2 is 2.24 bits per heavy atom. The molecular formula is C16H24N2O3. The van der Waals surface area contributed by atoms with Crippen molar-refractivity contribution in [2.75, 3.05) is 32.8 Å². The number of aliphatic hydroxyl groups excluding tert-OH is 1. The first-order chi connectivity index (χ1) is 10.2. The van der Waals surface area contributed by atoms with E-state index in [1.54, 1.807) is 0 Å². The largest absolute Gasteiger partial charge is 0.391 e. The topological polar surface area (TPSA) is 61.8 Å². The van der Waals surface area contributed by atoms with Crippen LogP contribution in [0.1, 0.15) is 12.5 Å². The van der Waals surface area contributed by atoms with Gasteiger partial charge in [-0.15, -0.1) is 0 Å². The number of aliphatic hydroxyl groups is 1.